The van der Waals surface area contributed by atoms with E-state index in [1.807, 2.05) is 6.08 Å². The topological polar surface area (TPSA) is 243 Å². The fraction of sp³-hybridized carbons (Fsp3) is 0.615. The van der Waals surface area contributed by atoms with Crippen molar-refractivity contribution in [1.82, 2.24) is 29.4 Å². The molecule has 46 heavy (non-hydrogen) atoms. The van der Waals surface area contributed by atoms with Crippen LogP contribution in [0.1, 0.15) is 53.7 Å². The molecule has 1 saturated heterocycles. The van der Waals surface area contributed by atoms with Crippen molar-refractivity contribution in [3.63, 3.8) is 0 Å². The van der Waals surface area contributed by atoms with Gasteiger partial charge in [0.05, 0.1) is 19.2 Å². The van der Waals surface area contributed by atoms with Gasteiger partial charge in [0.1, 0.15) is 35.2 Å². The number of carbonyl (C=O) groups is 1. The Balaban J connectivity index is 1.58. The van der Waals surface area contributed by atoms with E-state index in [0.717, 1.165) is 11.3 Å². The van der Waals surface area contributed by atoms with Crippen LogP contribution < -0.4 is 20.7 Å². The molecule has 0 radical (unpaired) electrons. The molecule has 6 atom stereocenters. The predicted octanol–water partition coefficient (Wildman–Crippen LogP) is 1.01. The first-order valence-corrected chi connectivity index (χ1v) is 17.7. The molecule has 0 saturated carbocycles. The Morgan fingerprint density at radius 3 is 2.67 bits per heavy atom. The van der Waals surface area contributed by atoms with Gasteiger partial charge in [-0.3, -0.25) is 18.9 Å². The fourth-order valence-corrected chi connectivity index (χ4v) is 6.89. The third-order valence-electron chi connectivity index (χ3n) is 6.78. The molecule has 4 rings (SSSR count). The van der Waals surface area contributed by atoms with Crippen LogP contribution in [0.2, 0.25) is 0 Å². The van der Waals surface area contributed by atoms with Crippen LogP contribution in [-0.2, 0) is 37.9 Å². The van der Waals surface area contributed by atoms with Crippen molar-refractivity contribution in [2.24, 2.45) is 0 Å². The number of nitrogens with two attached hydrogens (primary N) is 1. The number of ether oxygens (including phenoxy) is 2. The van der Waals surface area contributed by atoms with Crippen molar-refractivity contribution >= 4 is 46.7 Å². The van der Waals surface area contributed by atoms with E-state index in [1.165, 1.54) is 31.8 Å². The van der Waals surface area contributed by atoms with Gasteiger partial charge in [-0.2, -0.15) is 15.1 Å². The third-order valence-corrected chi connectivity index (χ3v) is 9.05. The van der Waals surface area contributed by atoms with Gasteiger partial charge in [-0.1, -0.05) is 12.2 Å². The van der Waals surface area contributed by atoms with Gasteiger partial charge in [0.15, 0.2) is 23.2 Å². The summed E-state index contributed by atoms with van der Waals surface area (Å²) in [6.07, 6.45) is 4.37. The molecule has 20 heteroatoms. The number of carbonyl (C=O) groups excluding carboxylic acids is 1. The van der Waals surface area contributed by atoms with Gasteiger partial charge in [-0.05, 0) is 47.1 Å². The zero-order valence-electron chi connectivity index (χ0n) is 26.6. The molecule has 1 aliphatic heterocycles. The summed E-state index contributed by atoms with van der Waals surface area (Å²) in [7, 11) is -6.59. The summed E-state index contributed by atoms with van der Waals surface area (Å²) in [6, 6.07) is -1.11. The number of imidazole rings is 1. The highest BCUT2D eigenvalue weighted by molar-refractivity contribution is 7.88. The molecule has 3 heterocycles. The second kappa shape index (κ2) is 13.2. The normalized spacial score (nSPS) is 25.6. The van der Waals surface area contributed by atoms with Gasteiger partial charge in [0.2, 0.25) is 16.0 Å². The summed E-state index contributed by atoms with van der Waals surface area (Å²) in [4.78, 5) is 27.4. The number of nitrogens with one attached hydrogen (secondary N) is 2. The Morgan fingerprint density at radius 2 is 2.07 bits per heavy atom. The lowest BCUT2D eigenvalue weighted by Crippen LogP contribution is -2.44. The van der Waals surface area contributed by atoms with Gasteiger partial charge in [-0.25, -0.2) is 18.0 Å². The van der Waals surface area contributed by atoms with E-state index in [-0.39, 0.29) is 22.9 Å². The SMILES string of the molecule is CC(NP(=O)(OCC1OC(n2cnc3c(N(C)NS(C)(=O)=O)nc(N)nc32)[C@](C)(O)[C@@H]1O)OC1=CC=CCC1)C(=O)OC(C)(C)C. The molecule has 0 bridgehead atoms. The quantitative estimate of drug-likeness (QED) is 0.119. The Labute approximate surface area is 266 Å². The minimum absolute atomic E-state index is 0.0138. The van der Waals surface area contributed by atoms with Crippen LogP contribution in [0.15, 0.2) is 30.3 Å². The van der Waals surface area contributed by atoms with Crippen molar-refractivity contribution in [1.29, 1.82) is 0 Å². The third kappa shape index (κ3) is 8.40. The maximum Gasteiger partial charge on any atom is 0.459 e. The van der Waals surface area contributed by atoms with E-state index >= 15 is 0 Å². The van der Waals surface area contributed by atoms with Crippen LogP contribution in [0.5, 0.6) is 0 Å². The lowest BCUT2D eigenvalue weighted by molar-refractivity contribution is -0.156. The van der Waals surface area contributed by atoms with E-state index in [2.05, 4.69) is 24.9 Å². The molecule has 2 aromatic heterocycles. The molecule has 256 valence electrons. The molecule has 2 aromatic rings. The fourth-order valence-electron chi connectivity index (χ4n) is 4.75. The number of esters is 1. The zero-order valence-corrected chi connectivity index (χ0v) is 28.3. The van der Waals surface area contributed by atoms with Gasteiger partial charge in [0.25, 0.3) is 0 Å². The molecule has 0 spiro atoms. The molecular weight excluding hydrogens is 647 g/mol. The van der Waals surface area contributed by atoms with Crippen molar-refractivity contribution < 1.29 is 46.5 Å². The maximum atomic E-state index is 14.0. The summed E-state index contributed by atoms with van der Waals surface area (Å²) in [5, 5.41) is 26.2. The molecule has 2 aliphatic rings. The average Bonchev–Trinajstić information content (AvgIpc) is 3.43. The first-order chi connectivity index (χ1) is 21.2. The second-order valence-corrected chi connectivity index (χ2v) is 15.6. The number of allylic oxidation sites excluding steroid dienone is 4. The number of fused-ring (bicyclic) bond motifs is 1. The Morgan fingerprint density at radius 1 is 1.37 bits per heavy atom. The Bertz CT molecular complexity index is 1670. The highest BCUT2D eigenvalue weighted by Crippen LogP contribution is 2.49. The summed E-state index contributed by atoms with van der Waals surface area (Å²) < 4.78 is 61.7. The smallest absolute Gasteiger partial charge is 0.459 e. The summed E-state index contributed by atoms with van der Waals surface area (Å²) in [5.41, 5.74) is 3.30. The predicted molar refractivity (Wildman–Crippen MR) is 166 cm³/mol. The van der Waals surface area contributed by atoms with Crippen LogP contribution in [-0.4, -0.2) is 93.5 Å². The Kier molecular flexibility index (Phi) is 10.2. The van der Waals surface area contributed by atoms with Crippen molar-refractivity contribution in [3.8, 4) is 0 Å². The number of aliphatic hydroxyl groups excluding tert-OH is 1. The molecule has 0 aromatic carbocycles. The number of nitrogens with zero attached hydrogens (tertiary/aromatic N) is 5. The molecular formula is C26H41N8O10PS. The van der Waals surface area contributed by atoms with E-state index in [1.54, 1.807) is 32.9 Å². The molecule has 6 N–H and O–H groups in total. The monoisotopic (exact) mass is 688 g/mol. The van der Waals surface area contributed by atoms with Crippen molar-refractivity contribution in [2.75, 3.05) is 30.7 Å². The van der Waals surface area contributed by atoms with E-state index in [4.69, 9.17) is 24.3 Å². The zero-order chi connectivity index (χ0) is 34.2. The number of hydrogen-bond acceptors (Lipinski definition) is 15. The molecule has 1 fully saturated rings. The number of anilines is 2. The molecule has 1 aliphatic carbocycles. The Hall–Kier alpha value is -3.16. The van der Waals surface area contributed by atoms with Crippen LogP contribution in [0.25, 0.3) is 11.2 Å². The maximum absolute atomic E-state index is 14.0. The standard InChI is InChI=1S/C26H41N8O10PS/c1-15(22(36)43-25(2,3)4)31-45(38,44-16-11-9-8-10-12-16)41-13-17-19(35)26(5,37)23(42-17)34-14-28-18-20(29-24(27)30-21(18)34)33(6)32-46(7,39)40/h8-9,11,14-15,17,19,23,32,35,37H,10,12-13H2,1-7H3,(H,31,38)(H2,27,29,30)/t15?,17?,19-,23?,26-,45?/m1/s1. The van der Waals surface area contributed by atoms with Gasteiger partial charge in [0, 0.05) is 13.5 Å². The number of nitrogen functional groups attached to an aromatic ring is 1. The first kappa shape index (κ1) is 35.7. The highest BCUT2D eigenvalue weighted by Gasteiger charge is 2.54. The van der Waals surface area contributed by atoms with Crippen LogP contribution in [0.4, 0.5) is 11.8 Å². The number of sulfonamides is 1. The summed E-state index contributed by atoms with van der Waals surface area (Å²) >= 11 is 0. The second-order valence-electron chi connectivity index (χ2n) is 12.2. The number of rotatable bonds is 12. The lowest BCUT2D eigenvalue weighted by Gasteiger charge is -2.28. The van der Waals surface area contributed by atoms with Crippen LogP contribution in [0, 0.1) is 0 Å². The minimum atomic E-state index is -4.29. The van der Waals surface area contributed by atoms with E-state index in [0.29, 0.717) is 18.6 Å². The van der Waals surface area contributed by atoms with Crippen molar-refractivity contribution in [3.05, 3.63) is 30.3 Å². The van der Waals surface area contributed by atoms with Crippen molar-refractivity contribution in [2.45, 2.75) is 83.1 Å². The number of hydrazine groups is 1. The van der Waals surface area contributed by atoms with Gasteiger partial charge < -0.3 is 29.9 Å². The largest absolute Gasteiger partial charge is 0.459 e. The van der Waals surface area contributed by atoms with Gasteiger partial charge >= 0.3 is 13.7 Å². The van der Waals surface area contributed by atoms with Crippen LogP contribution >= 0.6 is 7.75 Å². The summed E-state index contributed by atoms with van der Waals surface area (Å²) in [5.74, 6) is -0.567. The minimum Gasteiger partial charge on any atom is -0.459 e. The highest BCUT2D eigenvalue weighted by atomic mass is 32.2. The molecule has 18 nitrogen and oxygen atoms in total. The molecule has 4 unspecified atom stereocenters. The number of hydrogen-bond donors (Lipinski definition) is 5. The molecule has 0 amide bonds. The van der Waals surface area contributed by atoms with Gasteiger partial charge in [-0.15, -0.1) is 4.83 Å². The van der Waals surface area contributed by atoms with Crippen LogP contribution in [0.3, 0.4) is 0 Å². The first-order valence-electron chi connectivity index (χ1n) is 14.3. The number of aromatic nitrogens is 4. The lowest BCUT2D eigenvalue weighted by atomic mass is 9.96. The summed E-state index contributed by atoms with van der Waals surface area (Å²) in [6.45, 7) is 7.30. The average molecular weight is 689 g/mol. The number of aliphatic hydroxyl groups is 2. The van der Waals surface area contributed by atoms with E-state index < -0.39 is 66.0 Å². The van der Waals surface area contributed by atoms with E-state index in [9.17, 15) is 28.0 Å².